The molecule has 0 saturated heterocycles. The van der Waals surface area contributed by atoms with E-state index in [-0.39, 0.29) is 11.9 Å². The van der Waals surface area contributed by atoms with Crippen molar-refractivity contribution < 1.29 is 9.53 Å². The van der Waals surface area contributed by atoms with Crippen LogP contribution in [-0.4, -0.2) is 39.1 Å². The lowest BCUT2D eigenvalue weighted by Crippen LogP contribution is -2.14. The van der Waals surface area contributed by atoms with Gasteiger partial charge in [0.05, 0.1) is 25.0 Å². The standard InChI is InChI=1S/C13H17N5O2S/c1-2-20-12(19)9-3-4-10-11(9)16-13(21-10)14-5-7-18-8-6-15-17-18/h6,8-9H,2-5,7H2,1H3,(H,14,16). The first kappa shape index (κ1) is 14.0. The first-order valence-electron chi connectivity index (χ1n) is 7.02. The maximum Gasteiger partial charge on any atom is 0.315 e. The number of ether oxygens (including phenoxy) is 1. The van der Waals surface area contributed by atoms with E-state index < -0.39 is 0 Å². The summed E-state index contributed by atoms with van der Waals surface area (Å²) >= 11 is 1.62. The Morgan fingerprint density at radius 1 is 1.62 bits per heavy atom. The van der Waals surface area contributed by atoms with Gasteiger partial charge in [0.15, 0.2) is 5.13 Å². The van der Waals surface area contributed by atoms with Gasteiger partial charge in [0, 0.05) is 17.6 Å². The Bertz CT molecular complexity index is 610. The molecule has 0 aromatic carbocycles. The zero-order chi connectivity index (χ0) is 14.7. The van der Waals surface area contributed by atoms with Gasteiger partial charge in [-0.1, -0.05) is 5.21 Å². The van der Waals surface area contributed by atoms with E-state index in [0.29, 0.717) is 6.61 Å². The van der Waals surface area contributed by atoms with Crippen LogP contribution in [0, 0.1) is 0 Å². The molecule has 0 amide bonds. The number of esters is 1. The lowest BCUT2D eigenvalue weighted by atomic mass is 10.1. The first-order chi connectivity index (χ1) is 10.3. The Labute approximate surface area is 126 Å². The van der Waals surface area contributed by atoms with Crippen molar-refractivity contribution in [3.8, 4) is 0 Å². The molecule has 1 unspecified atom stereocenters. The van der Waals surface area contributed by atoms with Gasteiger partial charge in [0.1, 0.15) is 5.92 Å². The number of thiazole rings is 1. The maximum atomic E-state index is 11.9. The SMILES string of the molecule is CCOC(=O)C1CCc2sc(NCCn3ccnn3)nc21. The van der Waals surface area contributed by atoms with Crippen molar-refractivity contribution in [3.05, 3.63) is 23.0 Å². The molecule has 2 aromatic rings. The molecule has 0 bridgehead atoms. The van der Waals surface area contributed by atoms with Gasteiger partial charge in [-0.2, -0.15) is 0 Å². The topological polar surface area (TPSA) is 81.9 Å². The lowest BCUT2D eigenvalue weighted by Gasteiger charge is -2.08. The molecule has 2 aromatic heterocycles. The molecule has 1 aliphatic carbocycles. The molecule has 0 fully saturated rings. The number of rotatable bonds is 6. The number of carbonyl (C=O) groups is 1. The minimum atomic E-state index is -0.193. The number of aryl methyl sites for hydroxylation is 1. The Morgan fingerprint density at radius 3 is 3.29 bits per heavy atom. The third-order valence-electron chi connectivity index (χ3n) is 3.38. The average Bonchev–Trinajstić information content (AvgIpc) is 3.14. The molecule has 1 atom stereocenters. The molecule has 3 rings (SSSR count). The quantitative estimate of drug-likeness (QED) is 0.813. The predicted octanol–water partition coefficient (Wildman–Crippen LogP) is 1.44. The summed E-state index contributed by atoms with van der Waals surface area (Å²) in [6.45, 7) is 3.69. The molecule has 0 saturated carbocycles. The zero-order valence-corrected chi connectivity index (χ0v) is 12.6. The van der Waals surface area contributed by atoms with Crippen molar-refractivity contribution in [1.82, 2.24) is 20.0 Å². The summed E-state index contributed by atoms with van der Waals surface area (Å²) in [4.78, 5) is 17.6. The van der Waals surface area contributed by atoms with Crippen molar-refractivity contribution in [3.63, 3.8) is 0 Å². The van der Waals surface area contributed by atoms with Gasteiger partial charge in [0.25, 0.3) is 0 Å². The number of hydrogen-bond donors (Lipinski definition) is 1. The molecule has 1 aliphatic rings. The summed E-state index contributed by atoms with van der Waals surface area (Å²) in [6.07, 6.45) is 5.19. The molecule has 0 aliphatic heterocycles. The second kappa shape index (κ2) is 6.21. The van der Waals surface area contributed by atoms with Crippen molar-refractivity contribution in [1.29, 1.82) is 0 Å². The predicted molar refractivity (Wildman–Crippen MR) is 78.3 cm³/mol. The summed E-state index contributed by atoms with van der Waals surface area (Å²) in [7, 11) is 0. The highest BCUT2D eigenvalue weighted by molar-refractivity contribution is 7.15. The fourth-order valence-corrected chi connectivity index (χ4v) is 3.47. The van der Waals surface area contributed by atoms with Crippen LogP contribution in [0.25, 0.3) is 0 Å². The van der Waals surface area contributed by atoms with Gasteiger partial charge in [-0.3, -0.25) is 9.48 Å². The third-order valence-corrected chi connectivity index (χ3v) is 4.47. The number of aromatic nitrogens is 4. The Hall–Kier alpha value is -1.96. The van der Waals surface area contributed by atoms with Crippen LogP contribution in [0.5, 0.6) is 0 Å². The zero-order valence-electron chi connectivity index (χ0n) is 11.8. The molecule has 1 N–H and O–H groups in total. The Morgan fingerprint density at radius 2 is 2.52 bits per heavy atom. The Balaban J connectivity index is 1.59. The van der Waals surface area contributed by atoms with Crippen LogP contribution in [-0.2, 0) is 22.5 Å². The third kappa shape index (κ3) is 3.05. The molecule has 2 heterocycles. The summed E-state index contributed by atoms with van der Waals surface area (Å²) in [5.41, 5.74) is 0.890. The van der Waals surface area contributed by atoms with Crippen LogP contribution in [0.4, 0.5) is 5.13 Å². The van der Waals surface area contributed by atoms with Gasteiger partial charge in [0.2, 0.25) is 0 Å². The van der Waals surface area contributed by atoms with Crippen molar-refractivity contribution in [2.75, 3.05) is 18.5 Å². The summed E-state index contributed by atoms with van der Waals surface area (Å²) in [5.74, 6) is -0.349. The molecule has 8 heteroatoms. The number of fused-ring (bicyclic) bond motifs is 1. The molecule has 21 heavy (non-hydrogen) atoms. The highest BCUT2D eigenvalue weighted by Crippen LogP contribution is 2.38. The number of carbonyl (C=O) groups excluding carboxylic acids is 1. The van der Waals surface area contributed by atoms with Gasteiger partial charge in [-0.05, 0) is 19.8 Å². The summed E-state index contributed by atoms with van der Waals surface area (Å²) < 4.78 is 6.87. The smallest absolute Gasteiger partial charge is 0.315 e. The number of nitrogens with zero attached hydrogens (tertiary/aromatic N) is 4. The Kier molecular flexibility index (Phi) is 4.14. The van der Waals surface area contributed by atoms with Gasteiger partial charge < -0.3 is 10.1 Å². The highest BCUT2D eigenvalue weighted by atomic mass is 32.1. The first-order valence-corrected chi connectivity index (χ1v) is 7.83. The molecule has 0 radical (unpaired) electrons. The molecular formula is C13H17N5O2S. The fraction of sp³-hybridized carbons (Fsp3) is 0.538. The summed E-state index contributed by atoms with van der Waals surface area (Å²) in [5, 5.41) is 11.8. The van der Waals surface area contributed by atoms with Crippen LogP contribution < -0.4 is 5.32 Å². The van der Waals surface area contributed by atoms with E-state index in [2.05, 4.69) is 20.6 Å². The molecule has 0 spiro atoms. The average molecular weight is 307 g/mol. The number of anilines is 1. The largest absolute Gasteiger partial charge is 0.465 e. The van der Waals surface area contributed by atoms with E-state index in [1.807, 2.05) is 13.1 Å². The number of hydrogen-bond acceptors (Lipinski definition) is 7. The van der Waals surface area contributed by atoms with Gasteiger partial charge >= 0.3 is 5.97 Å². The van der Waals surface area contributed by atoms with Crippen LogP contribution in [0.3, 0.4) is 0 Å². The van der Waals surface area contributed by atoms with Crippen LogP contribution in [0.1, 0.15) is 29.8 Å². The van der Waals surface area contributed by atoms with E-state index in [1.165, 1.54) is 4.88 Å². The summed E-state index contributed by atoms with van der Waals surface area (Å²) in [6, 6.07) is 0. The second-order valence-corrected chi connectivity index (χ2v) is 5.85. The molecular weight excluding hydrogens is 290 g/mol. The minimum Gasteiger partial charge on any atom is -0.465 e. The van der Waals surface area contributed by atoms with Crippen LogP contribution in [0.2, 0.25) is 0 Å². The van der Waals surface area contributed by atoms with Crippen molar-refractivity contribution >= 4 is 22.4 Å². The van der Waals surface area contributed by atoms with Crippen LogP contribution >= 0.6 is 11.3 Å². The van der Waals surface area contributed by atoms with Gasteiger partial charge in [-0.25, -0.2) is 4.98 Å². The molecule has 112 valence electrons. The van der Waals surface area contributed by atoms with E-state index in [1.54, 1.807) is 22.2 Å². The lowest BCUT2D eigenvalue weighted by molar-refractivity contribution is -0.145. The van der Waals surface area contributed by atoms with E-state index in [9.17, 15) is 4.79 Å². The van der Waals surface area contributed by atoms with E-state index in [4.69, 9.17) is 4.74 Å². The van der Waals surface area contributed by atoms with Gasteiger partial charge in [-0.15, -0.1) is 16.4 Å². The van der Waals surface area contributed by atoms with Crippen molar-refractivity contribution in [2.45, 2.75) is 32.2 Å². The maximum absolute atomic E-state index is 11.9. The van der Waals surface area contributed by atoms with Crippen molar-refractivity contribution in [2.24, 2.45) is 0 Å². The fourth-order valence-electron chi connectivity index (χ4n) is 2.40. The minimum absolute atomic E-state index is 0.157. The van der Waals surface area contributed by atoms with E-state index in [0.717, 1.165) is 36.8 Å². The monoisotopic (exact) mass is 307 g/mol. The van der Waals surface area contributed by atoms with E-state index >= 15 is 0 Å². The normalized spacial score (nSPS) is 16.7. The second-order valence-electron chi connectivity index (χ2n) is 4.76. The number of nitrogens with one attached hydrogen (secondary N) is 1. The molecule has 7 nitrogen and oxygen atoms in total. The van der Waals surface area contributed by atoms with Crippen LogP contribution in [0.15, 0.2) is 12.4 Å². The highest BCUT2D eigenvalue weighted by Gasteiger charge is 2.33.